The quantitative estimate of drug-likeness (QED) is 0.531. The van der Waals surface area contributed by atoms with Gasteiger partial charge in [0.25, 0.3) is 5.91 Å². The molecule has 168 valence electrons. The molecular formula is C22H30N4O5. The third-order valence-electron chi connectivity index (χ3n) is 6.23. The van der Waals surface area contributed by atoms with E-state index in [9.17, 15) is 9.59 Å². The second kappa shape index (κ2) is 9.21. The molecule has 9 heteroatoms. The maximum Gasteiger partial charge on any atom is 0.375 e. The van der Waals surface area contributed by atoms with Gasteiger partial charge in [0, 0.05) is 33.2 Å². The minimum Gasteiger partial charge on any atom is -0.460 e. The van der Waals surface area contributed by atoms with E-state index in [-0.39, 0.29) is 17.1 Å². The van der Waals surface area contributed by atoms with Crippen molar-refractivity contribution in [3.05, 3.63) is 34.8 Å². The van der Waals surface area contributed by atoms with Crippen LogP contribution in [-0.4, -0.2) is 53.0 Å². The van der Waals surface area contributed by atoms with E-state index in [4.69, 9.17) is 19.0 Å². The van der Waals surface area contributed by atoms with Crippen molar-refractivity contribution in [2.24, 2.45) is 5.41 Å². The highest BCUT2D eigenvalue weighted by Crippen LogP contribution is 2.37. The predicted molar refractivity (Wildman–Crippen MR) is 111 cm³/mol. The first-order chi connectivity index (χ1) is 15.0. The highest BCUT2D eigenvalue weighted by atomic mass is 16.5. The van der Waals surface area contributed by atoms with Crippen molar-refractivity contribution < 1.29 is 23.5 Å². The predicted octanol–water partition coefficient (Wildman–Crippen LogP) is 2.46. The van der Waals surface area contributed by atoms with Crippen LogP contribution in [0.25, 0.3) is 0 Å². The number of carbonyl (C=O) groups is 2. The number of rotatable bonds is 7. The summed E-state index contributed by atoms with van der Waals surface area (Å²) in [6.45, 7) is 6.83. The molecule has 1 fully saturated rings. The number of unbranched alkanes of at least 4 members (excludes halogenated alkanes) is 1. The highest BCUT2D eigenvalue weighted by molar-refractivity contribution is 5.97. The van der Waals surface area contributed by atoms with Crippen LogP contribution in [0.3, 0.4) is 0 Å². The van der Waals surface area contributed by atoms with Crippen LogP contribution >= 0.6 is 0 Å². The fourth-order valence-corrected chi connectivity index (χ4v) is 4.41. The van der Waals surface area contributed by atoms with Gasteiger partial charge in [-0.2, -0.15) is 5.10 Å². The van der Waals surface area contributed by atoms with Crippen molar-refractivity contribution in [2.45, 2.75) is 58.9 Å². The summed E-state index contributed by atoms with van der Waals surface area (Å²) in [6.07, 6.45) is 6.29. The monoisotopic (exact) mass is 430 g/mol. The molecule has 0 radical (unpaired) electrons. The van der Waals surface area contributed by atoms with Crippen LogP contribution in [0.5, 0.6) is 0 Å². The molecule has 1 N–H and O–H groups in total. The Balaban J connectivity index is 1.39. The number of fused-ring (bicyclic) bond motifs is 1. The minimum atomic E-state index is -0.500. The Kier molecular flexibility index (Phi) is 6.41. The molecule has 2 aromatic rings. The largest absolute Gasteiger partial charge is 0.460 e. The topological polar surface area (TPSA) is 108 Å². The summed E-state index contributed by atoms with van der Waals surface area (Å²) in [4.78, 5) is 28.7. The van der Waals surface area contributed by atoms with Gasteiger partial charge in [0.1, 0.15) is 0 Å². The molecule has 0 unspecified atom stereocenters. The molecule has 1 amide bonds. The Morgan fingerprint density at radius 3 is 2.84 bits per heavy atom. The van der Waals surface area contributed by atoms with Crippen molar-refractivity contribution in [1.29, 1.82) is 0 Å². The van der Waals surface area contributed by atoms with Gasteiger partial charge in [-0.15, -0.1) is 0 Å². The lowest BCUT2D eigenvalue weighted by molar-refractivity contribution is 0.0152. The van der Waals surface area contributed by atoms with Gasteiger partial charge in [-0.25, -0.2) is 9.78 Å². The third-order valence-corrected chi connectivity index (χ3v) is 6.23. The zero-order valence-electron chi connectivity index (χ0n) is 18.2. The third kappa shape index (κ3) is 4.66. The van der Waals surface area contributed by atoms with Gasteiger partial charge in [-0.05, 0) is 43.9 Å². The Morgan fingerprint density at radius 2 is 2.13 bits per heavy atom. The standard InChI is InChI=1S/C22H30N4O5/c1-3-16-19-17(12-22(14-24-20(19)27)6-10-29-11-7-22)26(25-16)8-4-5-9-30-21(28)18-13-23-15(2)31-18/h13H,3-12,14H2,1-2H3,(H,24,27). The van der Waals surface area contributed by atoms with E-state index in [1.807, 2.05) is 11.6 Å². The molecule has 0 bridgehead atoms. The van der Waals surface area contributed by atoms with Crippen molar-refractivity contribution in [2.75, 3.05) is 26.4 Å². The average molecular weight is 431 g/mol. The van der Waals surface area contributed by atoms with Gasteiger partial charge >= 0.3 is 5.97 Å². The molecule has 9 nitrogen and oxygen atoms in total. The molecule has 1 saturated heterocycles. The molecule has 0 aromatic carbocycles. The molecular weight excluding hydrogens is 400 g/mol. The molecule has 31 heavy (non-hydrogen) atoms. The van der Waals surface area contributed by atoms with E-state index in [0.717, 1.165) is 55.8 Å². The number of oxazole rings is 1. The first-order valence-electron chi connectivity index (χ1n) is 11.1. The van der Waals surface area contributed by atoms with E-state index in [1.54, 1.807) is 6.92 Å². The lowest BCUT2D eigenvalue weighted by atomic mass is 9.76. The molecule has 0 saturated carbocycles. The maximum absolute atomic E-state index is 12.8. The van der Waals surface area contributed by atoms with Crippen LogP contribution in [0.1, 0.15) is 70.8 Å². The summed E-state index contributed by atoms with van der Waals surface area (Å²) in [7, 11) is 0. The van der Waals surface area contributed by atoms with Gasteiger partial charge in [-0.3, -0.25) is 9.48 Å². The summed E-state index contributed by atoms with van der Waals surface area (Å²) < 4.78 is 18.0. The van der Waals surface area contributed by atoms with Crippen LogP contribution in [0, 0.1) is 12.3 Å². The van der Waals surface area contributed by atoms with Crippen molar-refractivity contribution in [3.8, 4) is 0 Å². The number of nitrogens with zero attached hydrogens (tertiary/aromatic N) is 3. The second-order valence-corrected chi connectivity index (χ2v) is 8.40. The van der Waals surface area contributed by atoms with Crippen LogP contribution in [-0.2, 0) is 28.9 Å². The van der Waals surface area contributed by atoms with E-state index in [1.165, 1.54) is 6.20 Å². The molecule has 1 spiro atoms. The number of ether oxygens (including phenoxy) is 2. The summed E-state index contributed by atoms with van der Waals surface area (Å²) in [5.41, 5.74) is 2.66. The van der Waals surface area contributed by atoms with Gasteiger partial charge in [0.2, 0.25) is 5.76 Å². The second-order valence-electron chi connectivity index (χ2n) is 8.40. The van der Waals surface area contributed by atoms with E-state index < -0.39 is 5.97 Å². The van der Waals surface area contributed by atoms with Crippen LogP contribution < -0.4 is 5.32 Å². The minimum absolute atomic E-state index is 0.0160. The number of esters is 1. The first kappa shape index (κ1) is 21.5. The summed E-state index contributed by atoms with van der Waals surface area (Å²) in [5, 5.41) is 7.89. The molecule has 2 aliphatic rings. The number of amides is 1. The smallest absolute Gasteiger partial charge is 0.375 e. The molecule has 0 aliphatic carbocycles. The Bertz CT molecular complexity index is 942. The highest BCUT2D eigenvalue weighted by Gasteiger charge is 2.39. The van der Waals surface area contributed by atoms with Gasteiger partial charge in [0.05, 0.1) is 29.8 Å². The Labute approximate surface area is 181 Å². The number of carbonyl (C=O) groups excluding carboxylic acids is 2. The van der Waals surface area contributed by atoms with Gasteiger partial charge in [-0.1, -0.05) is 6.92 Å². The van der Waals surface area contributed by atoms with Crippen LogP contribution in [0.15, 0.2) is 10.6 Å². The molecule has 4 rings (SSSR count). The Hall–Kier alpha value is -2.68. The average Bonchev–Trinajstić information content (AvgIpc) is 3.32. The van der Waals surface area contributed by atoms with Crippen LogP contribution in [0.2, 0.25) is 0 Å². The fourth-order valence-electron chi connectivity index (χ4n) is 4.41. The number of hydrogen-bond acceptors (Lipinski definition) is 7. The zero-order chi connectivity index (χ0) is 21.8. The zero-order valence-corrected chi connectivity index (χ0v) is 18.2. The van der Waals surface area contributed by atoms with E-state index in [0.29, 0.717) is 38.4 Å². The van der Waals surface area contributed by atoms with E-state index >= 15 is 0 Å². The number of aryl methyl sites for hydroxylation is 3. The normalized spacial score (nSPS) is 17.8. The van der Waals surface area contributed by atoms with Crippen molar-refractivity contribution in [3.63, 3.8) is 0 Å². The van der Waals surface area contributed by atoms with E-state index in [2.05, 4.69) is 10.3 Å². The summed E-state index contributed by atoms with van der Waals surface area (Å²) >= 11 is 0. The van der Waals surface area contributed by atoms with Gasteiger partial charge in [0.15, 0.2) is 5.89 Å². The van der Waals surface area contributed by atoms with Gasteiger partial charge < -0.3 is 19.2 Å². The van der Waals surface area contributed by atoms with Crippen LogP contribution in [0.4, 0.5) is 0 Å². The number of nitrogens with one attached hydrogen (secondary N) is 1. The molecule has 2 aromatic heterocycles. The lowest BCUT2D eigenvalue weighted by Crippen LogP contribution is -2.40. The fraction of sp³-hybridized carbons (Fsp3) is 0.636. The Morgan fingerprint density at radius 1 is 1.32 bits per heavy atom. The molecule has 0 atom stereocenters. The summed E-state index contributed by atoms with van der Waals surface area (Å²) in [5.74, 6) is 0.0392. The molecule has 2 aliphatic heterocycles. The SMILES string of the molecule is CCc1nn(CCCCOC(=O)c2cnc(C)o2)c2c1C(=O)NCC1(CCOCC1)C2. The van der Waals surface area contributed by atoms with Crippen molar-refractivity contribution in [1.82, 2.24) is 20.1 Å². The lowest BCUT2D eigenvalue weighted by Gasteiger charge is -2.36. The molecule has 4 heterocycles. The van der Waals surface area contributed by atoms with Crippen molar-refractivity contribution >= 4 is 11.9 Å². The number of hydrogen-bond donors (Lipinski definition) is 1. The maximum atomic E-state index is 12.8. The first-order valence-corrected chi connectivity index (χ1v) is 11.1. The summed E-state index contributed by atoms with van der Waals surface area (Å²) in [6, 6.07) is 0. The number of aromatic nitrogens is 3.